The van der Waals surface area contributed by atoms with Crippen LogP contribution in [-0.4, -0.2) is 52.5 Å². The standard InChI is InChI=1S/C24H26N6O3/c1-25-23(33)19-12-26-24(29-22(19)28-20(14-31)15-6-4-3-5-7-15)27-18-9-8-16-11-21(32)30(2)13-17(16)10-18/h3-10,12,20,31H,11,13-14H2,1-2H3,(H,25,33)(H2,26,27,28,29)/t20-/m1/s1. The van der Waals surface area contributed by atoms with Crippen LogP contribution in [0.1, 0.15) is 33.1 Å². The summed E-state index contributed by atoms with van der Waals surface area (Å²) >= 11 is 0. The number of nitrogens with zero attached hydrogens (tertiary/aromatic N) is 3. The molecule has 0 fully saturated rings. The van der Waals surface area contributed by atoms with E-state index >= 15 is 0 Å². The number of nitrogens with one attached hydrogen (secondary N) is 3. The van der Waals surface area contributed by atoms with Gasteiger partial charge in [-0.1, -0.05) is 36.4 Å². The molecule has 1 aliphatic heterocycles. The first-order valence-electron chi connectivity index (χ1n) is 10.6. The van der Waals surface area contributed by atoms with Crippen molar-refractivity contribution in [1.82, 2.24) is 20.2 Å². The van der Waals surface area contributed by atoms with E-state index < -0.39 is 6.04 Å². The van der Waals surface area contributed by atoms with Crippen LogP contribution in [0.5, 0.6) is 0 Å². The van der Waals surface area contributed by atoms with Crippen LogP contribution in [0.2, 0.25) is 0 Å². The molecule has 3 aromatic rings. The number of likely N-dealkylation sites (N-methyl/N-ethyl adjacent to an activating group) is 1. The zero-order valence-electron chi connectivity index (χ0n) is 18.5. The maximum Gasteiger partial charge on any atom is 0.256 e. The van der Waals surface area contributed by atoms with Gasteiger partial charge in [0.25, 0.3) is 5.91 Å². The number of hydrogen-bond acceptors (Lipinski definition) is 7. The zero-order valence-corrected chi connectivity index (χ0v) is 18.5. The number of carbonyl (C=O) groups is 2. The molecule has 0 unspecified atom stereocenters. The molecule has 4 N–H and O–H groups in total. The number of carbonyl (C=O) groups excluding carboxylic acids is 2. The van der Waals surface area contributed by atoms with E-state index in [1.54, 1.807) is 11.9 Å². The van der Waals surface area contributed by atoms with Crippen molar-refractivity contribution in [3.05, 3.63) is 77.0 Å². The summed E-state index contributed by atoms with van der Waals surface area (Å²) in [5, 5.41) is 18.9. The van der Waals surface area contributed by atoms with Gasteiger partial charge < -0.3 is 26.0 Å². The van der Waals surface area contributed by atoms with E-state index in [-0.39, 0.29) is 24.0 Å². The molecule has 4 rings (SSSR count). The van der Waals surface area contributed by atoms with E-state index in [1.165, 1.54) is 13.2 Å². The van der Waals surface area contributed by atoms with Gasteiger partial charge in [-0.05, 0) is 28.8 Å². The Hall–Kier alpha value is -3.98. The molecule has 1 atom stereocenters. The van der Waals surface area contributed by atoms with Crippen molar-refractivity contribution in [3.8, 4) is 0 Å². The lowest BCUT2D eigenvalue weighted by Gasteiger charge is -2.25. The van der Waals surface area contributed by atoms with Crippen molar-refractivity contribution in [1.29, 1.82) is 0 Å². The van der Waals surface area contributed by atoms with Gasteiger partial charge in [-0.25, -0.2) is 4.98 Å². The minimum atomic E-state index is -0.450. The second-order valence-corrected chi connectivity index (χ2v) is 7.86. The number of aliphatic hydroxyl groups is 1. The summed E-state index contributed by atoms with van der Waals surface area (Å²) in [6.07, 6.45) is 1.83. The Labute approximate surface area is 191 Å². The first kappa shape index (κ1) is 22.2. The number of rotatable bonds is 7. The van der Waals surface area contributed by atoms with Gasteiger partial charge in [-0.3, -0.25) is 9.59 Å². The molecule has 9 nitrogen and oxygen atoms in total. The van der Waals surface area contributed by atoms with Crippen LogP contribution in [0.25, 0.3) is 0 Å². The number of aliphatic hydroxyl groups excluding tert-OH is 1. The first-order chi connectivity index (χ1) is 16.0. The SMILES string of the molecule is CNC(=O)c1cnc(Nc2ccc3c(c2)CN(C)C(=O)C3)nc1N[C@H](CO)c1ccccc1. The van der Waals surface area contributed by atoms with Crippen molar-refractivity contribution in [2.75, 3.05) is 31.3 Å². The van der Waals surface area contributed by atoms with Crippen molar-refractivity contribution in [2.45, 2.75) is 19.0 Å². The van der Waals surface area contributed by atoms with Crippen molar-refractivity contribution >= 4 is 29.3 Å². The zero-order chi connectivity index (χ0) is 23.4. The highest BCUT2D eigenvalue weighted by Gasteiger charge is 2.21. The lowest BCUT2D eigenvalue weighted by atomic mass is 9.99. The third kappa shape index (κ3) is 4.93. The summed E-state index contributed by atoms with van der Waals surface area (Å²) < 4.78 is 0. The van der Waals surface area contributed by atoms with E-state index in [0.717, 1.165) is 22.4 Å². The minimum Gasteiger partial charge on any atom is -0.394 e. The van der Waals surface area contributed by atoms with Gasteiger partial charge in [0.1, 0.15) is 11.4 Å². The maximum atomic E-state index is 12.4. The molecule has 2 heterocycles. The van der Waals surface area contributed by atoms with Gasteiger partial charge in [-0.2, -0.15) is 4.98 Å². The summed E-state index contributed by atoms with van der Waals surface area (Å²) in [4.78, 5) is 34.8. The molecule has 1 aromatic heterocycles. The van der Waals surface area contributed by atoms with E-state index in [0.29, 0.717) is 24.7 Å². The summed E-state index contributed by atoms with van der Waals surface area (Å²) in [6, 6.07) is 14.8. The summed E-state index contributed by atoms with van der Waals surface area (Å²) in [6.45, 7) is 0.364. The lowest BCUT2D eigenvalue weighted by Crippen LogP contribution is -2.32. The highest BCUT2D eigenvalue weighted by Crippen LogP contribution is 2.26. The van der Waals surface area contributed by atoms with E-state index in [9.17, 15) is 14.7 Å². The Bertz CT molecular complexity index is 1170. The Kier molecular flexibility index (Phi) is 6.50. The van der Waals surface area contributed by atoms with Gasteiger partial charge in [0.05, 0.1) is 19.1 Å². The van der Waals surface area contributed by atoms with Crippen LogP contribution in [0.4, 0.5) is 17.5 Å². The topological polar surface area (TPSA) is 119 Å². The molecule has 2 aromatic carbocycles. The molecule has 9 heteroatoms. The number of hydrogen-bond donors (Lipinski definition) is 4. The van der Waals surface area contributed by atoms with Crippen molar-refractivity contribution in [2.24, 2.45) is 0 Å². The van der Waals surface area contributed by atoms with E-state index in [4.69, 9.17) is 0 Å². The first-order valence-corrected chi connectivity index (χ1v) is 10.6. The lowest BCUT2D eigenvalue weighted by molar-refractivity contribution is -0.130. The molecular formula is C24H26N6O3. The van der Waals surface area contributed by atoms with Crippen LogP contribution < -0.4 is 16.0 Å². The molecule has 0 spiro atoms. The maximum absolute atomic E-state index is 12.4. The van der Waals surface area contributed by atoms with Gasteiger partial charge >= 0.3 is 0 Å². The fourth-order valence-corrected chi connectivity index (χ4v) is 3.73. The molecule has 0 radical (unpaired) electrons. The average Bonchev–Trinajstić information content (AvgIpc) is 2.83. The third-order valence-electron chi connectivity index (χ3n) is 5.59. The number of benzene rings is 2. The predicted octanol–water partition coefficient (Wildman–Crippen LogP) is 2.24. The van der Waals surface area contributed by atoms with Crippen LogP contribution in [0.3, 0.4) is 0 Å². The van der Waals surface area contributed by atoms with Crippen LogP contribution >= 0.6 is 0 Å². The number of anilines is 3. The summed E-state index contributed by atoms with van der Waals surface area (Å²) in [5.41, 5.74) is 3.98. The number of fused-ring (bicyclic) bond motifs is 1. The second-order valence-electron chi connectivity index (χ2n) is 7.86. The van der Waals surface area contributed by atoms with Crippen LogP contribution in [0.15, 0.2) is 54.7 Å². The molecule has 0 bridgehead atoms. The second kappa shape index (κ2) is 9.66. The van der Waals surface area contributed by atoms with Crippen molar-refractivity contribution in [3.63, 3.8) is 0 Å². The fraction of sp³-hybridized carbons (Fsp3) is 0.250. The quantitative estimate of drug-likeness (QED) is 0.439. The van der Waals surface area contributed by atoms with Crippen LogP contribution in [-0.2, 0) is 17.8 Å². The highest BCUT2D eigenvalue weighted by molar-refractivity contribution is 5.98. The van der Waals surface area contributed by atoms with Gasteiger partial charge in [-0.15, -0.1) is 0 Å². The molecule has 33 heavy (non-hydrogen) atoms. The molecular weight excluding hydrogens is 420 g/mol. The predicted molar refractivity (Wildman–Crippen MR) is 125 cm³/mol. The molecule has 0 saturated heterocycles. The fourth-order valence-electron chi connectivity index (χ4n) is 3.73. The smallest absolute Gasteiger partial charge is 0.256 e. The largest absolute Gasteiger partial charge is 0.394 e. The van der Waals surface area contributed by atoms with Gasteiger partial charge in [0.15, 0.2) is 0 Å². The Morgan fingerprint density at radius 2 is 1.97 bits per heavy atom. The third-order valence-corrected chi connectivity index (χ3v) is 5.59. The molecule has 1 aliphatic rings. The molecule has 170 valence electrons. The summed E-state index contributed by atoms with van der Waals surface area (Å²) in [7, 11) is 3.32. The normalized spacial score (nSPS) is 13.8. The van der Waals surface area contributed by atoms with Crippen molar-refractivity contribution < 1.29 is 14.7 Å². The molecule has 0 saturated carbocycles. The molecule has 0 aliphatic carbocycles. The Morgan fingerprint density at radius 1 is 1.18 bits per heavy atom. The van der Waals surface area contributed by atoms with Crippen LogP contribution in [0, 0.1) is 0 Å². The van der Waals surface area contributed by atoms with E-state index in [1.807, 2.05) is 48.5 Å². The Balaban J connectivity index is 1.62. The minimum absolute atomic E-state index is 0.101. The van der Waals surface area contributed by atoms with Gasteiger partial charge in [0.2, 0.25) is 11.9 Å². The number of aromatic nitrogens is 2. The summed E-state index contributed by atoms with van der Waals surface area (Å²) in [5.74, 6) is 0.368. The monoisotopic (exact) mass is 446 g/mol. The molecule has 2 amide bonds. The number of amides is 2. The Morgan fingerprint density at radius 3 is 2.70 bits per heavy atom. The van der Waals surface area contributed by atoms with Gasteiger partial charge in [0, 0.05) is 32.5 Å². The van der Waals surface area contributed by atoms with E-state index in [2.05, 4.69) is 25.9 Å². The highest BCUT2D eigenvalue weighted by atomic mass is 16.3. The average molecular weight is 447 g/mol.